The van der Waals surface area contributed by atoms with Crippen molar-refractivity contribution < 1.29 is 14.1 Å². The van der Waals surface area contributed by atoms with Gasteiger partial charge in [-0.2, -0.15) is 0 Å². The van der Waals surface area contributed by atoms with Crippen LogP contribution in [-0.2, 0) is 9.63 Å². The summed E-state index contributed by atoms with van der Waals surface area (Å²) in [5.41, 5.74) is -0.280. The van der Waals surface area contributed by atoms with Crippen LogP contribution >= 0.6 is 0 Å². The summed E-state index contributed by atoms with van der Waals surface area (Å²) in [4.78, 5) is 16.9. The highest BCUT2D eigenvalue weighted by molar-refractivity contribution is 5.81. The van der Waals surface area contributed by atoms with E-state index in [-0.39, 0.29) is 11.2 Å². The number of Topliss-reactive ketones (excluding diaryl/α,β-unsaturated/α-hetero) is 1. The molecule has 0 saturated heterocycles. The first-order valence-corrected chi connectivity index (χ1v) is 5.70. The van der Waals surface area contributed by atoms with Crippen molar-refractivity contribution in [3.63, 3.8) is 0 Å². The van der Waals surface area contributed by atoms with E-state index in [1.165, 1.54) is 0 Å². The van der Waals surface area contributed by atoms with Crippen LogP contribution in [0.3, 0.4) is 0 Å². The first kappa shape index (κ1) is 15.6. The molecule has 0 unspecified atom stereocenters. The molecule has 0 saturated carbocycles. The summed E-state index contributed by atoms with van der Waals surface area (Å²) >= 11 is 0. The van der Waals surface area contributed by atoms with E-state index in [4.69, 9.17) is 4.84 Å². The molecule has 0 atom stereocenters. The fourth-order valence-corrected chi connectivity index (χ4v) is 1.27. The molecule has 0 radical (unpaired) electrons. The molecule has 0 spiro atoms. The number of quaternary nitrogens is 1. The molecule has 0 heterocycles. The van der Waals surface area contributed by atoms with E-state index >= 15 is 0 Å². The third-order valence-electron chi connectivity index (χ3n) is 2.62. The lowest BCUT2D eigenvalue weighted by atomic mass is 9.86. The third kappa shape index (κ3) is 6.93. The molecule has 0 aromatic carbocycles. The van der Waals surface area contributed by atoms with Gasteiger partial charge in [0.15, 0.2) is 6.67 Å². The second-order valence-electron chi connectivity index (χ2n) is 6.08. The Morgan fingerprint density at radius 1 is 1.31 bits per heavy atom. The Hall–Kier alpha value is -0.450. The largest absolute Gasteiger partial charge is 0.317 e. The molecule has 0 N–H and O–H groups in total. The summed E-state index contributed by atoms with van der Waals surface area (Å²) in [5.74, 6) is 0.213. The zero-order valence-electron chi connectivity index (χ0n) is 11.8. The fraction of sp³-hybridized carbons (Fsp3) is 0.917. The van der Waals surface area contributed by atoms with Gasteiger partial charge in [0.05, 0.1) is 27.7 Å². The molecule has 0 aliphatic carbocycles. The first-order chi connectivity index (χ1) is 7.04. The van der Waals surface area contributed by atoms with Crippen LogP contribution in [0.4, 0.5) is 0 Å². The van der Waals surface area contributed by atoms with E-state index in [1.807, 2.05) is 26.0 Å². The standard InChI is InChI=1S/C12H27N2O2/c1-11(15)12(2,3)8-9-16-13(4)10-14(5,6)7/h8-10H2,1-7H3/q+1. The van der Waals surface area contributed by atoms with Crippen molar-refractivity contribution in [1.29, 1.82) is 0 Å². The van der Waals surface area contributed by atoms with E-state index in [9.17, 15) is 4.79 Å². The number of rotatable bonds is 7. The van der Waals surface area contributed by atoms with Crippen LogP contribution in [0, 0.1) is 5.41 Å². The topological polar surface area (TPSA) is 29.5 Å². The van der Waals surface area contributed by atoms with Gasteiger partial charge in [-0.3, -0.25) is 9.63 Å². The monoisotopic (exact) mass is 231 g/mol. The lowest BCUT2D eigenvalue weighted by Gasteiger charge is -2.29. The maximum Gasteiger partial charge on any atom is 0.156 e. The predicted molar refractivity (Wildman–Crippen MR) is 65.7 cm³/mol. The van der Waals surface area contributed by atoms with Crippen molar-refractivity contribution in [2.45, 2.75) is 27.2 Å². The fourth-order valence-electron chi connectivity index (χ4n) is 1.27. The van der Waals surface area contributed by atoms with Crippen molar-refractivity contribution in [3.8, 4) is 0 Å². The van der Waals surface area contributed by atoms with Crippen molar-refractivity contribution in [2.24, 2.45) is 5.41 Å². The highest BCUT2D eigenvalue weighted by atomic mass is 16.7. The lowest BCUT2D eigenvalue weighted by molar-refractivity contribution is -0.886. The van der Waals surface area contributed by atoms with Crippen LogP contribution in [0.1, 0.15) is 27.2 Å². The van der Waals surface area contributed by atoms with Crippen LogP contribution in [-0.4, -0.2) is 56.8 Å². The minimum Gasteiger partial charge on any atom is -0.317 e. The second-order valence-corrected chi connectivity index (χ2v) is 6.08. The van der Waals surface area contributed by atoms with Crippen LogP contribution < -0.4 is 0 Å². The summed E-state index contributed by atoms with van der Waals surface area (Å²) in [7, 11) is 8.25. The highest BCUT2D eigenvalue weighted by Crippen LogP contribution is 2.21. The Balaban J connectivity index is 3.87. The summed E-state index contributed by atoms with van der Waals surface area (Å²) in [6, 6.07) is 0. The summed E-state index contributed by atoms with van der Waals surface area (Å²) in [5, 5.41) is 1.83. The Morgan fingerprint density at radius 2 is 1.81 bits per heavy atom. The van der Waals surface area contributed by atoms with Crippen molar-refractivity contribution in [3.05, 3.63) is 0 Å². The zero-order valence-corrected chi connectivity index (χ0v) is 11.8. The number of ketones is 1. The van der Waals surface area contributed by atoms with E-state index in [0.29, 0.717) is 6.61 Å². The Morgan fingerprint density at radius 3 is 2.19 bits per heavy atom. The summed E-state index contributed by atoms with van der Waals surface area (Å²) < 4.78 is 0.826. The number of hydrogen-bond donors (Lipinski definition) is 0. The third-order valence-corrected chi connectivity index (χ3v) is 2.62. The van der Waals surface area contributed by atoms with Crippen molar-refractivity contribution >= 4 is 5.78 Å². The minimum absolute atomic E-state index is 0.213. The van der Waals surface area contributed by atoms with Gasteiger partial charge >= 0.3 is 0 Å². The number of carbonyl (C=O) groups is 1. The summed E-state index contributed by atoms with van der Waals surface area (Å²) in [6.45, 7) is 6.95. The maximum atomic E-state index is 11.3. The van der Waals surface area contributed by atoms with Gasteiger partial charge in [-0.25, -0.2) is 0 Å². The van der Waals surface area contributed by atoms with Gasteiger partial charge in [0, 0.05) is 12.5 Å². The number of hydroxylamine groups is 2. The van der Waals surface area contributed by atoms with E-state index in [0.717, 1.165) is 17.6 Å². The molecule has 16 heavy (non-hydrogen) atoms. The Bertz CT molecular complexity index is 232. The SMILES string of the molecule is CC(=O)C(C)(C)CCON(C)C[N+](C)(C)C. The quantitative estimate of drug-likeness (QED) is 0.378. The number of nitrogens with zero attached hydrogens (tertiary/aromatic N) is 2. The lowest BCUT2D eigenvalue weighted by Crippen LogP contribution is -2.44. The van der Waals surface area contributed by atoms with E-state index in [1.54, 1.807) is 6.92 Å². The van der Waals surface area contributed by atoms with Crippen molar-refractivity contribution in [2.75, 3.05) is 41.5 Å². The van der Waals surface area contributed by atoms with Crippen LogP contribution in [0.15, 0.2) is 0 Å². The van der Waals surface area contributed by atoms with Gasteiger partial charge in [0.1, 0.15) is 5.78 Å². The van der Waals surface area contributed by atoms with Gasteiger partial charge in [0.25, 0.3) is 0 Å². The predicted octanol–water partition coefficient (Wildman–Crippen LogP) is 1.52. The Kier molecular flexibility index (Phi) is 5.59. The van der Waals surface area contributed by atoms with E-state index in [2.05, 4.69) is 21.1 Å². The van der Waals surface area contributed by atoms with E-state index < -0.39 is 0 Å². The molecule has 0 aliphatic rings. The Labute approximate surface area is 99.7 Å². The van der Waals surface area contributed by atoms with Gasteiger partial charge in [-0.15, -0.1) is 5.06 Å². The summed E-state index contributed by atoms with van der Waals surface area (Å²) in [6.07, 6.45) is 0.754. The second kappa shape index (κ2) is 5.75. The first-order valence-electron chi connectivity index (χ1n) is 5.70. The molecule has 0 amide bonds. The van der Waals surface area contributed by atoms with Gasteiger partial charge < -0.3 is 4.48 Å². The molecular weight excluding hydrogens is 204 g/mol. The molecule has 0 aromatic heterocycles. The minimum atomic E-state index is -0.280. The molecule has 0 bridgehead atoms. The van der Waals surface area contributed by atoms with Crippen LogP contribution in [0.2, 0.25) is 0 Å². The maximum absolute atomic E-state index is 11.3. The van der Waals surface area contributed by atoms with Gasteiger partial charge in [-0.05, 0) is 13.3 Å². The van der Waals surface area contributed by atoms with Gasteiger partial charge in [0.2, 0.25) is 0 Å². The number of carbonyl (C=O) groups excluding carboxylic acids is 1. The molecule has 0 fully saturated rings. The number of hydrogen-bond acceptors (Lipinski definition) is 3. The van der Waals surface area contributed by atoms with Crippen LogP contribution in [0.5, 0.6) is 0 Å². The highest BCUT2D eigenvalue weighted by Gasteiger charge is 2.23. The molecular formula is C12H27N2O2+. The average Bonchev–Trinajstić information content (AvgIpc) is 1.99. The molecule has 4 nitrogen and oxygen atoms in total. The molecule has 96 valence electrons. The zero-order chi connectivity index (χ0) is 13.0. The molecule has 4 heteroatoms. The molecule has 0 rings (SSSR count). The molecule has 0 aromatic rings. The normalized spacial score (nSPS) is 13.2. The molecule has 0 aliphatic heterocycles. The van der Waals surface area contributed by atoms with Gasteiger partial charge in [-0.1, -0.05) is 13.8 Å². The van der Waals surface area contributed by atoms with Crippen molar-refractivity contribution in [1.82, 2.24) is 5.06 Å². The average molecular weight is 231 g/mol. The smallest absolute Gasteiger partial charge is 0.156 e. The van der Waals surface area contributed by atoms with Crippen LogP contribution in [0.25, 0.3) is 0 Å².